The van der Waals surface area contributed by atoms with Gasteiger partial charge in [0.05, 0.1) is 13.0 Å². The smallest absolute Gasteiger partial charge is 0.248 e. The molecule has 1 saturated heterocycles. The zero-order valence-electron chi connectivity index (χ0n) is 13.4. The van der Waals surface area contributed by atoms with Crippen molar-refractivity contribution >= 4 is 11.8 Å². The Kier molecular flexibility index (Phi) is 5.13. The Bertz CT molecular complexity index is 544. The maximum Gasteiger partial charge on any atom is 0.248 e. The van der Waals surface area contributed by atoms with Gasteiger partial charge in [-0.25, -0.2) is 0 Å². The summed E-state index contributed by atoms with van der Waals surface area (Å²) in [7, 11) is 3.14. The summed E-state index contributed by atoms with van der Waals surface area (Å²) in [6.45, 7) is 2.70. The number of carbonyl (C=O) groups excluding carboxylic acids is 2. The molecule has 1 N–H and O–H groups in total. The molecule has 1 aromatic heterocycles. The first-order chi connectivity index (χ1) is 10.5. The molecular formula is C16H23N3O3. The van der Waals surface area contributed by atoms with Gasteiger partial charge in [-0.1, -0.05) is 6.07 Å². The van der Waals surface area contributed by atoms with Crippen LogP contribution in [-0.4, -0.2) is 54.5 Å². The first kappa shape index (κ1) is 16.4. The third-order valence-electron chi connectivity index (χ3n) is 4.15. The number of aromatic nitrogens is 1. The Hall–Kier alpha value is -1.95. The lowest BCUT2D eigenvalue weighted by molar-refractivity contribution is -0.147. The maximum absolute atomic E-state index is 12.7. The Morgan fingerprint density at radius 3 is 2.82 bits per heavy atom. The number of rotatable bonds is 5. The molecule has 2 rings (SSSR count). The summed E-state index contributed by atoms with van der Waals surface area (Å²) >= 11 is 0. The molecule has 0 bridgehead atoms. The molecule has 1 aliphatic heterocycles. The Balaban J connectivity index is 2.19. The van der Waals surface area contributed by atoms with E-state index in [0.29, 0.717) is 13.0 Å². The van der Waals surface area contributed by atoms with Gasteiger partial charge in [-0.15, -0.1) is 0 Å². The molecule has 6 heteroatoms. The van der Waals surface area contributed by atoms with Crippen molar-refractivity contribution in [2.45, 2.75) is 31.7 Å². The predicted octanol–water partition coefficient (Wildman–Crippen LogP) is 0.686. The van der Waals surface area contributed by atoms with E-state index >= 15 is 0 Å². The van der Waals surface area contributed by atoms with Gasteiger partial charge in [0.2, 0.25) is 11.8 Å². The van der Waals surface area contributed by atoms with E-state index in [2.05, 4.69) is 10.3 Å². The van der Waals surface area contributed by atoms with Gasteiger partial charge in [0.25, 0.3) is 0 Å². The van der Waals surface area contributed by atoms with Gasteiger partial charge in [-0.3, -0.25) is 14.6 Å². The molecule has 0 aliphatic carbocycles. The minimum Gasteiger partial charge on any atom is -0.382 e. The lowest BCUT2D eigenvalue weighted by Gasteiger charge is -2.36. The van der Waals surface area contributed by atoms with Crippen molar-refractivity contribution in [3.8, 4) is 0 Å². The second-order valence-corrected chi connectivity index (χ2v) is 5.68. The highest BCUT2D eigenvalue weighted by molar-refractivity contribution is 5.92. The molecule has 6 nitrogen and oxygen atoms in total. The van der Waals surface area contributed by atoms with E-state index in [4.69, 9.17) is 4.74 Å². The number of amides is 2. The van der Waals surface area contributed by atoms with Crippen LogP contribution in [0.5, 0.6) is 0 Å². The van der Waals surface area contributed by atoms with Gasteiger partial charge in [0.1, 0.15) is 5.54 Å². The van der Waals surface area contributed by atoms with E-state index in [1.54, 1.807) is 25.3 Å². The van der Waals surface area contributed by atoms with Crippen LogP contribution in [0.4, 0.5) is 0 Å². The number of likely N-dealkylation sites (N-methyl/N-ethyl adjacent to an activating group) is 1. The summed E-state index contributed by atoms with van der Waals surface area (Å²) < 4.78 is 5.23. The van der Waals surface area contributed by atoms with Gasteiger partial charge < -0.3 is 15.0 Å². The molecule has 1 atom stereocenters. The van der Waals surface area contributed by atoms with Crippen LogP contribution in [0.2, 0.25) is 0 Å². The molecule has 1 aromatic rings. The average molecular weight is 305 g/mol. The van der Waals surface area contributed by atoms with Gasteiger partial charge in [0, 0.05) is 32.6 Å². The highest BCUT2D eigenvalue weighted by Gasteiger charge is 2.49. The van der Waals surface area contributed by atoms with E-state index in [-0.39, 0.29) is 24.8 Å². The number of aryl methyl sites for hydroxylation is 1. The van der Waals surface area contributed by atoms with Crippen molar-refractivity contribution in [2.75, 3.05) is 27.3 Å². The monoisotopic (exact) mass is 305 g/mol. The maximum atomic E-state index is 12.7. The van der Waals surface area contributed by atoms with Crippen LogP contribution < -0.4 is 5.32 Å². The van der Waals surface area contributed by atoms with Crippen LogP contribution in [0.15, 0.2) is 18.3 Å². The summed E-state index contributed by atoms with van der Waals surface area (Å²) in [4.78, 5) is 30.9. The highest BCUT2D eigenvalue weighted by atomic mass is 16.5. The summed E-state index contributed by atoms with van der Waals surface area (Å²) in [5.74, 6) is -0.231. The molecule has 1 aliphatic rings. The van der Waals surface area contributed by atoms with Crippen molar-refractivity contribution in [2.24, 2.45) is 0 Å². The Morgan fingerprint density at radius 1 is 1.45 bits per heavy atom. The number of likely N-dealkylation sites (tertiary alicyclic amines) is 1. The number of ether oxygens (including phenoxy) is 1. The third-order valence-corrected chi connectivity index (χ3v) is 4.15. The van der Waals surface area contributed by atoms with Gasteiger partial charge >= 0.3 is 0 Å². The lowest BCUT2D eigenvalue weighted by atomic mass is 9.95. The summed E-state index contributed by atoms with van der Waals surface area (Å²) in [5, 5.41) is 2.66. The number of pyridine rings is 1. The topological polar surface area (TPSA) is 71.5 Å². The van der Waals surface area contributed by atoms with Gasteiger partial charge in [-0.05, 0) is 31.4 Å². The quantitative estimate of drug-likeness (QED) is 0.868. The Morgan fingerprint density at radius 2 is 2.23 bits per heavy atom. The van der Waals surface area contributed by atoms with E-state index in [1.807, 2.05) is 19.1 Å². The standard InChI is InChI=1S/C16H23N3O3/c1-12-5-6-13(10-18-12)9-14(20)19-8-4-7-16(19,11-22-3)15(21)17-2/h5-6,10H,4,7-9,11H2,1-3H3,(H,17,21). The van der Waals surface area contributed by atoms with Crippen LogP contribution in [-0.2, 0) is 20.7 Å². The SMILES string of the molecule is CNC(=O)C1(COC)CCCN1C(=O)Cc1ccc(C)nc1. The first-order valence-electron chi connectivity index (χ1n) is 7.46. The van der Waals surface area contributed by atoms with Crippen molar-refractivity contribution in [1.29, 1.82) is 0 Å². The van der Waals surface area contributed by atoms with Crippen LogP contribution in [0.25, 0.3) is 0 Å². The largest absolute Gasteiger partial charge is 0.382 e. The van der Waals surface area contributed by atoms with Crippen molar-refractivity contribution < 1.29 is 14.3 Å². The number of hydrogen-bond donors (Lipinski definition) is 1. The lowest BCUT2D eigenvalue weighted by Crippen LogP contribution is -2.59. The van der Waals surface area contributed by atoms with E-state index in [0.717, 1.165) is 17.7 Å². The summed E-state index contributed by atoms with van der Waals surface area (Å²) in [6.07, 6.45) is 3.38. The molecule has 2 heterocycles. The van der Waals surface area contributed by atoms with Crippen molar-refractivity contribution in [3.05, 3.63) is 29.6 Å². The molecule has 0 spiro atoms. The molecule has 1 fully saturated rings. The zero-order valence-corrected chi connectivity index (χ0v) is 13.4. The second kappa shape index (κ2) is 6.87. The van der Waals surface area contributed by atoms with Gasteiger partial charge in [0.15, 0.2) is 0 Å². The minimum absolute atomic E-state index is 0.0659. The van der Waals surface area contributed by atoms with Crippen molar-refractivity contribution in [1.82, 2.24) is 15.2 Å². The fourth-order valence-electron chi connectivity index (χ4n) is 3.04. The molecule has 0 saturated carbocycles. The second-order valence-electron chi connectivity index (χ2n) is 5.68. The molecule has 0 radical (unpaired) electrons. The fourth-order valence-corrected chi connectivity index (χ4v) is 3.04. The number of nitrogens with zero attached hydrogens (tertiary/aromatic N) is 2. The molecular weight excluding hydrogens is 282 g/mol. The fraction of sp³-hybridized carbons (Fsp3) is 0.562. The third kappa shape index (κ3) is 3.11. The zero-order chi connectivity index (χ0) is 16.2. The molecule has 1 unspecified atom stereocenters. The number of nitrogens with one attached hydrogen (secondary N) is 1. The molecule has 120 valence electrons. The first-order valence-corrected chi connectivity index (χ1v) is 7.46. The highest BCUT2D eigenvalue weighted by Crippen LogP contribution is 2.30. The Labute approximate surface area is 130 Å². The normalized spacial score (nSPS) is 21.0. The predicted molar refractivity (Wildman–Crippen MR) is 82.3 cm³/mol. The van der Waals surface area contributed by atoms with Gasteiger partial charge in [-0.2, -0.15) is 0 Å². The van der Waals surface area contributed by atoms with Crippen LogP contribution in [0.1, 0.15) is 24.1 Å². The molecule has 0 aromatic carbocycles. The summed E-state index contributed by atoms with van der Waals surface area (Å²) in [5.41, 5.74) is 0.876. The van der Waals surface area contributed by atoms with E-state index < -0.39 is 5.54 Å². The van der Waals surface area contributed by atoms with Crippen LogP contribution >= 0.6 is 0 Å². The van der Waals surface area contributed by atoms with Crippen molar-refractivity contribution in [3.63, 3.8) is 0 Å². The van der Waals surface area contributed by atoms with E-state index in [1.165, 1.54) is 0 Å². The molecule has 2 amide bonds. The van der Waals surface area contributed by atoms with E-state index in [9.17, 15) is 9.59 Å². The molecule has 22 heavy (non-hydrogen) atoms. The number of carbonyl (C=O) groups is 2. The summed E-state index contributed by atoms with van der Waals surface area (Å²) in [6, 6.07) is 3.78. The van der Waals surface area contributed by atoms with Crippen LogP contribution in [0.3, 0.4) is 0 Å². The number of hydrogen-bond acceptors (Lipinski definition) is 4. The van der Waals surface area contributed by atoms with Crippen LogP contribution in [0, 0.1) is 6.92 Å². The minimum atomic E-state index is -0.890. The average Bonchev–Trinajstić information content (AvgIpc) is 2.94. The number of methoxy groups -OCH3 is 1.